The predicted molar refractivity (Wildman–Crippen MR) is 135 cm³/mol. The molecule has 0 aliphatic carbocycles. The Balaban J connectivity index is 0.000000281. The van der Waals surface area contributed by atoms with Gasteiger partial charge in [-0.1, -0.05) is 63.6 Å². The molecule has 0 bridgehead atoms. The van der Waals surface area contributed by atoms with E-state index >= 15 is 0 Å². The van der Waals surface area contributed by atoms with Crippen LogP contribution < -0.4 is 5.32 Å². The minimum atomic E-state index is -5.52. The molecule has 0 atom stereocenters. The van der Waals surface area contributed by atoms with Gasteiger partial charge in [0, 0.05) is 11.4 Å². The van der Waals surface area contributed by atoms with Crippen LogP contribution in [0.15, 0.2) is 35.2 Å². The Morgan fingerprint density at radius 3 is 1.43 bits per heavy atom. The highest BCUT2D eigenvalue weighted by Gasteiger charge is 2.32. The molecule has 3 rings (SSSR count). The van der Waals surface area contributed by atoms with E-state index in [-0.39, 0.29) is 0 Å². The molecule has 0 fully saturated rings. The van der Waals surface area contributed by atoms with Crippen molar-refractivity contribution in [3.8, 4) is 0 Å². The van der Waals surface area contributed by atoms with Gasteiger partial charge in [-0.25, -0.2) is 22.0 Å². The number of hydrogen-bond donors (Lipinski definition) is 2. The van der Waals surface area contributed by atoms with E-state index in [4.69, 9.17) is 4.55 Å². The van der Waals surface area contributed by atoms with Gasteiger partial charge in [0.05, 0.1) is 0 Å². The first-order chi connectivity index (χ1) is 17.0. The van der Waals surface area contributed by atoms with Crippen molar-refractivity contribution in [2.75, 3.05) is 5.32 Å². The second kappa shape index (κ2) is 11.6. The summed E-state index contributed by atoms with van der Waals surface area (Å²) in [6.07, 6.45) is 0. The first-order valence-corrected chi connectivity index (χ1v) is 12.9. The molecule has 0 unspecified atom stereocenters. The van der Waals surface area contributed by atoms with Crippen LogP contribution in [-0.4, -0.2) is 13.0 Å². The lowest BCUT2D eigenvalue weighted by atomic mass is 9.92. The summed E-state index contributed by atoms with van der Waals surface area (Å²) >= 11 is 0. The number of anilines is 2. The minimum Gasteiger partial charge on any atom is -0.355 e. The second-order valence-corrected chi connectivity index (χ2v) is 10.8. The maximum atomic E-state index is 12.6. The number of rotatable bonds is 5. The molecule has 0 heterocycles. The molecule has 0 spiro atoms. The zero-order valence-electron chi connectivity index (χ0n) is 21.6. The van der Waals surface area contributed by atoms with E-state index in [2.05, 4.69) is 84.1 Å². The van der Waals surface area contributed by atoms with Crippen molar-refractivity contribution in [1.29, 1.82) is 0 Å². The fraction of sp³-hybridized carbons (Fsp3) is 0.333. The Bertz CT molecular complexity index is 1340. The summed E-state index contributed by atoms with van der Waals surface area (Å²) in [4.78, 5) is -2.26. The number of halogens is 5. The first-order valence-electron chi connectivity index (χ1n) is 11.5. The summed E-state index contributed by atoms with van der Waals surface area (Å²) < 4.78 is 91.3. The molecule has 0 saturated heterocycles. The molecule has 3 aromatic rings. The SMILES string of the molecule is Cc1cc(C)c(Nc2c(C(C)C)cccc2C(C)C)c(C)c1.O=S(=O)(O)c1c(F)c(F)c(F)c(F)c1F. The smallest absolute Gasteiger partial charge is 0.300 e. The number of nitrogens with one attached hydrogen (secondary N) is 1. The van der Waals surface area contributed by atoms with Crippen LogP contribution in [0.2, 0.25) is 0 Å². The highest BCUT2D eigenvalue weighted by Crippen LogP contribution is 2.36. The summed E-state index contributed by atoms with van der Waals surface area (Å²) in [5, 5.41) is 3.77. The highest BCUT2D eigenvalue weighted by atomic mass is 32.2. The molecule has 10 heteroatoms. The van der Waals surface area contributed by atoms with Crippen molar-refractivity contribution in [2.45, 2.75) is 65.2 Å². The van der Waals surface area contributed by atoms with Crippen LogP contribution >= 0.6 is 0 Å². The zero-order valence-corrected chi connectivity index (χ0v) is 22.4. The summed E-state index contributed by atoms with van der Waals surface area (Å²) in [6.45, 7) is 15.6. The highest BCUT2D eigenvalue weighted by molar-refractivity contribution is 7.85. The van der Waals surface area contributed by atoms with E-state index in [9.17, 15) is 30.4 Å². The van der Waals surface area contributed by atoms with E-state index in [1.807, 2.05) is 0 Å². The van der Waals surface area contributed by atoms with Crippen molar-refractivity contribution in [3.05, 3.63) is 87.2 Å². The molecule has 0 saturated carbocycles. The minimum absolute atomic E-state index is 0.507. The molecular formula is C27H30F5NO3S. The van der Waals surface area contributed by atoms with Gasteiger partial charge >= 0.3 is 10.1 Å². The van der Waals surface area contributed by atoms with Gasteiger partial charge in [0.15, 0.2) is 28.2 Å². The van der Waals surface area contributed by atoms with Crippen LogP contribution in [0.5, 0.6) is 0 Å². The van der Waals surface area contributed by atoms with Gasteiger partial charge in [0.1, 0.15) is 0 Å². The number of para-hydroxylation sites is 1. The summed E-state index contributed by atoms with van der Waals surface area (Å²) in [5.41, 5.74) is 9.28. The fourth-order valence-electron chi connectivity index (χ4n) is 4.01. The molecule has 0 amide bonds. The van der Waals surface area contributed by atoms with Gasteiger partial charge in [0.2, 0.25) is 5.82 Å². The Morgan fingerprint density at radius 2 is 1.08 bits per heavy atom. The van der Waals surface area contributed by atoms with Crippen LogP contribution in [0.4, 0.5) is 33.3 Å². The number of benzene rings is 3. The van der Waals surface area contributed by atoms with Crippen molar-refractivity contribution < 1.29 is 34.9 Å². The van der Waals surface area contributed by atoms with Crippen LogP contribution in [0.1, 0.15) is 67.3 Å². The molecule has 0 aromatic heterocycles. The van der Waals surface area contributed by atoms with Gasteiger partial charge < -0.3 is 5.32 Å². The van der Waals surface area contributed by atoms with E-state index in [1.54, 1.807) is 0 Å². The average Bonchev–Trinajstić information content (AvgIpc) is 2.78. The van der Waals surface area contributed by atoms with E-state index in [1.165, 1.54) is 39.2 Å². The van der Waals surface area contributed by atoms with Crippen LogP contribution in [0.25, 0.3) is 0 Å². The fourth-order valence-corrected chi connectivity index (χ4v) is 4.64. The molecule has 0 aliphatic heterocycles. The predicted octanol–water partition coefficient (Wildman–Crippen LogP) is 8.23. The lowest BCUT2D eigenvalue weighted by molar-refractivity contribution is 0.352. The molecule has 0 aliphatic rings. The normalized spacial score (nSPS) is 11.5. The lowest BCUT2D eigenvalue weighted by Gasteiger charge is -2.23. The van der Waals surface area contributed by atoms with Gasteiger partial charge in [0.25, 0.3) is 0 Å². The Kier molecular flexibility index (Phi) is 9.48. The van der Waals surface area contributed by atoms with Gasteiger partial charge in [-0.15, -0.1) is 0 Å². The van der Waals surface area contributed by atoms with E-state index in [0.717, 1.165) is 0 Å². The summed E-state index contributed by atoms with van der Waals surface area (Å²) in [6, 6.07) is 11.2. The number of hydrogen-bond acceptors (Lipinski definition) is 3. The zero-order chi connectivity index (χ0) is 28.4. The van der Waals surface area contributed by atoms with Gasteiger partial charge in [-0.3, -0.25) is 4.55 Å². The lowest BCUT2D eigenvalue weighted by Crippen LogP contribution is -2.11. The third kappa shape index (κ3) is 6.67. The maximum Gasteiger partial charge on any atom is 0.300 e. The summed E-state index contributed by atoms with van der Waals surface area (Å²) in [5.74, 6) is -11.6. The summed E-state index contributed by atoms with van der Waals surface area (Å²) in [7, 11) is -5.52. The Labute approximate surface area is 214 Å². The van der Waals surface area contributed by atoms with Crippen LogP contribution in [0.3, 0.4) is 0 Å². The van der Waals surface area contributed by atoms with E-state index < -0.39 is 44.1 Å². The molecule has 0 radical (unpaired) electrons. The van der Waals surface area contributed by atoms with Crippen molar-refractivity contribution in [1.82, 2.24) is 0 Å². The third-order valence-electron chi connectivity index (χ3n) is 5.73. The molecule has 202 valence electrons. The third-order valence-corrected chi connectivity index (χ3v) is 6.60. The van der Waals surface area contributed by atoms with E-state index in [0.29, 0.717) is 11.8 Å². The first kappa shape index (κ1) is 30.2. The van der Waals surface area contributed by atoms with Crippen molar-refractivity contribution in [2.24, 2.45) is 0 Å². The molecule has 4 nitrogen and oxygen atoms in total. The van der Waals surface area contributed by atoms with Gasteiger partial charge in [-0.2, -0.15) is 8.42 Å². The molecule has 37 heavy (non-hydrogen) atoms. The van der Waals surface area contributed by atoms with Crippen LogP contribution in [-0.2, 0) is 10.1 Å². The number of aryl methyl sites for hydroxylation is 3. The Hall–Kier alpha value is -2.98. The largest absolute Gasteiger partial charge is 0.355 e. The monoisotopic (exact) mass is 543 g/mol. The quantitative estimate of drug-likeness (QED) is 0.147. The standard InChI is InChI=1S/C21H29N.C6HF5O3S/c1-13(2)18-9-8-10-19(14(3)4)21(18)22-20-16(6)11-15(5)12-17(20)7;7-1-2(8)4(10)6(15(12,13)14)5(11)3(1)9/h8-14,22H,1-7H3;(H,12,13,14). The Morgan fingerprint density at radius 1 is 0.703 bits per heavy atom. The van der Waals surface area contributed by atoms with Crippen molar-refractivity contribution >= 4 is 21.5 Å². The van der Waals surface area contributed by atoms with Crippen LogP contribution in [0, 0.1) is 49.9 Å². The van der Waals surface area contributed by atoms with Gasteiger partial charge in [-0.05, 0) is 54.9 Å². The molecular weight excluding hydrogens is 513 g/mol. The average molecular weight is 544 g/mol. The van der Waals surface area contributed by atoms with Crippen molar-refractivity contribution in [3.63, 3.8) is 0 Å². The topological polar surface area (TPSA) is 66.4 Å². The second-order valence-electron chi connectivity index (χ2n) is 9.39. The molecule has 3 aromatic carbocycles. The maximum absolute atomic E-state index is 12.6. The molecule has 2 N–H and O–H groups in total.